The van der Waals surface area contributed by atoms with Crippen LogP contribution in [0.2, 0.25) is 0 Å². The van der Waals surface area contributed by atoms with Crippen LogP contribution in [0.1, 0.15) is 23.0 Å². The topological polar surface area (TPSA) is 66.9 Å². The maximum absolute atomic E-state index is 12.0. The number of nitrogens with one attached hydrogen (secondary N) is 2. The number of pyridine rings is 2. The zero-order valence-electron chi connectivity index (χ0n) is 10.8. The summed E-state index contributed by atoms with van der Waals surface area (Å²) in [7, 11) is 0. The molecule has 5 nitrogen and oxygen atoms in total. The number of nitrogens with zero attached hydrogens (tertiary/aromatic N) is 2. The lowest BCUT2D eigenvalue weighted by atomic mass is 10.2. The van der Waals surface area contributed by atoms with Gasteiger partial charge in [-0.3, -0.25) is 9.78 Å². The van der Waals surface area contributed by atoms with Crippen LogP contribution in [0, 0.1) is 0 Å². The second-order valence-corrected chi connectivity index (χ2v) is 3.98. The summed E-state index contributed by atoms with van der Waals surface area (Å²) in [6.07, 6.45) is 3.40. The number of hydrogen-bond donors (Lipinski definition) is 2. The fraction of sp³-hybridized carbons (Fsp3) is 0.214. The highest BCUT2D eigenvalue weighted by Crippen LogP contribution is 2.05. The number of rotatable bonds is 5. The molecule has 98 valence electrons. The van der Waals surface area contributed by atoms with E-state index < -0.39 is 0 Å². The van der Waals surface area contributed by atoms with E-state index in [4.69, 9.17) is 0 Å². The van der Waals surface area contributed by atoms with Gasteiger partial charge in [-0.25, -0.2) is 4.98 Å². The average molecular weight is 256 g/mol. The quantitative estimate of drug-likeness (QED) is 0.856. The van der Waals surface area contributed by atoms with E-state index in [2.05, 4.69) is 20.6 Å². The Morgan fingerprint density at radius 2 is 2.00 bits per heavy atom. The van der Waals surface area contributed by atoms with Crippen LogP contribution in [0.15, 0.2) is 42.7 Å². The summed E-state index contributed by atoms with van der Waals surface area (Å²) in [5, 5.41) is 5.90. The molecule has 0 radical (unpaired) electrons. The molecule has 2 rings (SSSR count). The Labute approximate surface area is 112 Å². The second-order valence-electron chi connectivity index (χ2n) is 3.98. The van der Waals surface area contributed by atoms with Crippen molar-refractivity contribution in [3.63, 3.8) is 0 Å². The number of carbonyl (C=O) groups excluding carboxylic acids is 1. The zero-order valence-corrected chi connectivity index (χ0v) is 10.8. The van der Waals surface area contributed by atoms with Gasteiger partial charge in [0.25, 0.3) is 5.91 Å². The van der Waals surface area contributed by atoms with Crippen molar-refractivity contribution in [2.75, 3.05) is 11.9 Å². The fourth-order valence-electron chi connectivity index (χ4n) is 1.61. The van der Waals surface area contributed by atoms with Gasteiger partial charge in [-0.2, -0.15) is 0 Å². The van der Waals surface area contributed by atoms with Crippen LogP contribution >= 0.6 is 0 Å². The summed E-state index contributed by atoms with van der Waals surface area (Å²) in [6.45, 7) is 3.22. The molecule has 0 aliphatic rings. The Balaban J connectivity index is 1.98. The molecule has 0 spiro atoms. The van der Waals surface area contributed by atoms with E-state index in [0.717, 1.165) is 12.1 Å². The van der Waals surface area contributed by atoms with Crippen molar-refractivity contribution in [2.45, 2.75) is 13.5 Å². The Bertz CT molecular complexity index is 542. The lowest BCUT2D eigenvalue weighted by Crippen LogP contribution is -2.24. The smallest absolute Gasteiger partial charge is 0.270 e. The first-order valence-electron chi connectivity index (χ1n) is 6.17. The van der Waals surface area contributed by atoms with Crippen molar-refractivity contribution in [1.82, 2.24) is 15.3 Å². The predicted molar refractivity (Wildman–Crippen MR) is 73.8 cm³/mol. The van der Waals surface area contributed by atoms with Crippen molar-refractivity contribution < 1.29 is 4.79 Å². The molecule has 2 aromatic heterocycles. The minimum absolute atomic E-state index is 0.184. The molecular weight excluding hydrogens is 240 g/mol. The maximum atomic E-state index is 12.0. The van der Waals surface area contributed by atoms with E-state index in [0.29, 0.717) is 18.1 Å². The molecule has 0 unspecified atom stereocenters. The van der Waals surface area contributed by atoms with Crippen LogP contribution in [0.3, 0.4) is 0 Å². The van der Waals surface area contributed by atoms with E-state index in [1.807, 2.05) is 31.2 Å². The van der Waals surface area contributed by atoms with Gasteiger partial charge < -0.3 is 10.6 Å². The molecule has 0 bridgehead atoms. The van der Waals surface area contributed by atoms with Gasteiger partial charge in [-0.1, -0.05) is 6.07 Å². The number of anilines is 1. The van der Waals surface area contributed by atoms with Crippen LogP contribution in [-0.2, 0) is 6.54 Å². The number of carbonyl (C=O) groups is 1. The van der Waals surface area contributed by atoms with E-state index in [9.17, 15) is 4.79 Å². The Kier molecular flexibility index (Phi) is 4.44. The number of hydrogen-bond acceptors (Lipinski definition) is 4. The van der Waals surface area contributed by atoms with Gasteiger partial charge in [-0.15, -0.1) is 0 Å². The third kappa shape index (κ3) is 3.77. The molecule has 0 aromatic carbocycles. The first-order valence-corrected chi connectivity index (χ1v) is 6.17. The maximum Gasteiger partial charge on any atom is 0.270 e. The van der Waals surface area contributed by atoms with E-state index in [1.54, 1.807) is 18.5 Å². The standard InChI is InChI=1S/C14H16N4O/c1-2-16-13-5-3-4-12(18-13)14(19)17-10-11-6-8-15-9-7-11/h3-9H,2,10H2,1H3,(H,16,18)(H,17,19). The third-order valence-electron chi connectivity index (χ3n) is 2.54. The minimum atomic E-state index is -0.184. The van der Waals surface area contributed by atoms with Crippen molar-refractivity contribution in [2.24, 2.45) is 0 Å². The van der Waals surface area contributed by atoms with E-state index in [1.165, 1.54) is 0 Å². The van der Waals surface area contributed by atoms with Crippen molar-refractivity contribution in [3.05, 3.63) is 54.0 Å². The first kappa shape index (κ1) is 13.0. The lowest BCUT2D eigenvalue weighted by Gasteiger charge is -2.06. The van der Waals surface area contributed by atoms with Crippen LogP contribution in [0.4, 0.5) is 5.82 Å². The fourth-order valence-corrected chi connectivity index (χ4v) is 1.61. The van der Waals surface area contributed by atoms with Gasteiger partial charge in [0, 0.05) is 25.5 Å². The summed E-state index contributed by atoms with van der Waals surface area (Å²) < 4.78 is 0. The minimum Gasteiger partial charge on any atom is -0.370 e. The SMILES string of the molecule is CCNc1cccc(C(=O)NCc2ccncc2)n1. The normalized spacial score (nSPS) is 9.95. The first-order chi connectivity index (χ1) is 9.29. The molecule has 19 heavy (non-hydrogen) atoms. The Hall–Kier alpha value is -2.43. The largest absolute Gasteiger partial charge is 0.370 e. The van der Waals surface area contributed by atoms with Crippen molar-refractivity contribution >= 4 is 11.7 Å². The van der Waals surface area contributed by atoms with Crippen molar-refractivity contribution in [1.29, 1.82) is 0 Å². The highest BCUT2D eigenvalue weighted by atomic mass is 16.1. The van der Waals surface area contributed by atoms with Gasteiger partial charge in [-0.05, 0) is 36.8 Å². The third-order valence-corrected chi connectivity index (χ3v) is 2.54. The molecule has 2 N–H and O–H groups in total. The average Bonchev–Trinajstić information content (AvgIpc) is 2.46. The van der Waals surface area contributed by atoms with Gasteiger partial charge >= 0.3 is 0 Å². The van der Waals surface area contributed by atoms with Crippen LogP contribution in [-0.4, -0.2) is 22.4 Å². The summed E-state index contributed by atoms with van der Waals surface area (Å²) in [6, 6.07) is 9.07. The molecule has 0 fully saturated rings. The summed E-state index contributed by atoms with van der Waals surface area (Å²) in [4.78, 5) is 20.1. The molecule has 0 saturated heterocycles. The molecule has 0 aliphatic heterocycles. The van der Waals surface area contributed by atoms with Crippen LogP contribution < -0.4 is 10.6 Å². The zero-order chi connectivity index (χ0) is 13.5. The summed E-state index contributed by atoms with van der Waals surface area (Å²) in [5.74, 6) is 0.524. The Morgan fingerprint density at radius 3 is 2.74 bits per heavy atom. The molecule has 2 heterocycles. The summed E-state index contributed by atoms with van der Waals surface area (Å²) in [5.41, 5.74) is 1.42. The van der Waals surface area contributed by atoms with Crippen LogP contribution in [0.5, 0.6) is 0 Å². The van der Waals surface area contributed by atoms with Crippen LogP contribution in [0.25, 0.3) is 0 Å². The predicted octanol–water partition coefficient (Wildman–Crippen LogP) is 1.84. The van der Waals surface area contributed by atoms with Gasteiger partial charge in [0.1, 0.15) is 11.5 Å². The highest BCUT2D eigenvalue weighted by Gasteiger charge is 2.07. The second kappa shape index (κ2) is 6.49. The number of amides is 1. The highest BCUT2D eigenvalue weighted by molar-refractivity contribution is 5.92. The molecule has 2 aromatic rings. The molecule has 0 atom stereocenters. The van der Waals surface area contributed by atoms with Crippen molar-refractivity contribution in [3.8, 4) is 0 Å². The lowest BCUT2D eigenvalue weighted by molar-refractivity contribution is 0.0946. The van der Waals surface area contributed by atoms with E-state index in [-0.39, 0.29) is 5.91 Å². The molecular formula is C14H16N4O. The monoisotopic (exact) mass is 256 g/mol. The summed E-state index contributed by atoms with van der Waals surface area (Å²) >= 11 is 0. The number of aromatic nitrogens is 2. The van der Waals surface area contributed by atoms with Gasteiger partial charge in [0.05, 0.1) is 0 Å². The van der Waals surface area contributed by atoms with Gasteiger partial charge in [0.15, 0.2) is 0 Å². The molecule has 1 amide bonds. The van der Waals surface area contributed by atoms with Gasteiger partial charge in [0.2, 0.25) is 0 Å². The van der Waals surface area contributed by atoms with E-state index >= 15 is 0 Å². The molecule has 0 saturated carbocycles. The molecule has 5 heteroatoms. The molecule has 0 aliphatic carbocycles. The Morgan fingerprint density at radius 1 is 1.21 bits per heavy atom.